The number of anilines is 4. The highest BCUT2D eigenvalue weighted by Crippen LogP contribution is 2.34. The van der Waals surface area contributed by atoms with Crippen LogP contribution in [-0.4, -0.2) is 58.2 Å². The van der Waals surface area contributed by atoms with Gasteiger partial charge in [-0.1, -0.05) is 0 Å². The van der Waals surface area contributed by atoms with Gasteiger partial charge >= 0.3 is 0 Å². The van der Waals surface area contributed by atoms with E-state index in [0.717, 1.165) is 12.8 Å². The first-order chi connectivity index (χ1) is 17.4. The Morgan fingerprint density at radius 1 is 1.14 bits per heavy atom. The molecule has 0 unspecified atom stereocenters. The Bertz CT molecular complexity index is 1470. The molecular formula is C25H32FN7O3. The molecule has 0 spiro atoms. The van der Waals surface area contributed by atoms with E-state index >= 15 is 0 Å². The van der Waals surface area contributed by atoms with Crippen molar-refractivity contribution >= 4 is 34.0 Å². The van der Waals surface area contributed by atoms with Gasteiger partial charge < -0.3 is 30.0 Å². The molecule has 3 heterocycles. The molecule has 3 N–H and O–H groups in total. The number of benzene rings is 1. The van der Waals surface area contributed by atoms with Crippen molar-refractivity contribution in [1.82, 2.24) is 24.8 Å². The van der Waals surface area contributed by atoms with Crippen LogP contribution in [0.15, 0.2) is 53.6 Å². The molecule has 0 amide bonds. The third-order valence-corrected chi connectivity index (χ3v) is 6.10. The van der Waals surface area contributed by atoms with Gasteiger partial charge in [0.25, 0.3) is 11.4 Å². The first-order valence-electron chi connectivity index (χ1n) is 11.4. The predicted octanol–water partition coefficient (Wildman–Crippen LogP) is 4.56. The van der Waals surface area contributed by atoms with E-state index in [-0.39, 0.29) is 16.1 Å². The van der Waals surface area contributed by atoms with E-state index in [1.165, 1.54) is 12.1 Å². The molecule has 1 fully saturated rings. The van der Waals surface area contributed by atoms with Gasteiger partial charge in [-0.3, -0.25) is 4.79 Å². The van der Waals surface area contributed by atoms with Crippen LogP contribution in [0.25, 0.3) is 10.9 Å². The van der Waals surface area contributed by atoms with Crippen LogP contribution in [0.5, 0.6) is 11.6 Å². The largest absolute Gasteiger partial charge is 0.491 e. The van der Waals surface area contributed by atoms with E-state index in [0.29, 0.717) is 46.0 Å². The fraction of sp³-hybridized carbons (Fsp3) is 0.280. The first kappa shape index (κ1) is 23.5. The summed E-state index contributed by atoms with van der Waals surface area (Å²) in [6, 6.07) is 9.77. The second-order valence-electron chi connectivity index (χ2n) is 8.82. The minimum atomic E-state index is -0.419. The molecule has 1 aromatic carbocycles. The van der Waals surface area contributed by atoms with Gasteiger partial charge in [0, 0.05) is 40.8 Å². The second kappa shape index (κ2) is 9.78. The lowest BCUT2D eigenvalue weighted by Gasteiger charge is -2.39. The smallest absolute Gasteiger partial charge is 0.272 e. The Kier molecular flexibility index (Phi) is 6.38. The van der Waals surface area contributed by atoms with E-state index in [4.69, 9.17) is 9.47 Å². The third kappa shape index (κ3) is 5.05. The molecule has 4 aromatic rings. The lowest BCUT2D eigenvalue weighted by atomic mass is 9.88. The van der Waals surface area contributed by atoms with Gasteiger partial charge in [-0.15, -0.1) is 0 Å². The molecule has 0 radical (unpaired) electrons. The van der Waals surface area contributed by atoms with Crippen molar-refractivity contribution in [3.05, 3.63) is 65.0 Å². The molecule has 0 atom stereocenters. The second-order valence-corrected chi connectivity index (χ2v) is 8.82. The van der Waals surface area contributed by atoms with Crippen molar-refractivity contribution in [3.8, 4) is 11.6 Å². The minimum absolute atomic E-state index is 0. The van der Waals surface area contributed by atoms with Crippen LogP contribution in [0.4, 0.5) is 27.5 Å². The lowest BCUT2D eigenvalue weighted by molar-refractivity contribution is 0.0351. The quantitative estimate of drug-likeness (QED) is 0.322. The number of hydrogen-bond acceptors (Lipinski definition) is 9. The van der Waals surface area contributed by atoms with Gasteiger partial charge in [-0.2, -0.15) is 4.98 Å². The molecule has 1 aliphatic carbocycles. The molecule has 11 heteroatoms. The molecule has 5 rings (SSSR count). The maximum Gasteiger partial charge on any atom is 0.272 e. The summed E-state index contributed by atoms with van der Waals surface area (Å²) >= 11 is 0. The van der Waals surface area contributed by atoms with E-state index < -0.39 is 11.4 Å². The number of fused-ring (bicyclic) bond motifs is 1. The summed E-state index contributed by atoms with van der Waals surface area (Å²) in [5, 5.41) is 6.77. The molecule has 3 aromatic heterocycles. The number of ether oxygens (including phenoxy) is 2. The van der Waals surface area contributed by atoms with Crippen molar-refractivity contribution in [2.75, 3.05) is 31.8 Å². The van der Waals surface area contributed by atoms with Crippen LogP contribution in [0.3, 0.4) is 0 Å². The number of methoxy groups -OCH3 is 1. The van der Waals surface area contributed by atoms with Crippen LogP contribution < -0.4 is 25.7 Å². The van der Waals surface area contributed by atoms with Gasteiger partial charge in [-0.25, -0.2) is 14.4 Å². The Morgan fingerprint density at radius 2 is 1.97 bits per heavy atom. The normalized spacial score (nSPS) is 17.0. The zero-order valence-corrected chi connectivity index (χ0v) is 20.1. The minimum Gasteiger partial charge on any atom is -0.491 e. The Hall–Kier alpha value is -4.25. The van der Waals surface area contributed by atoms with Crippen molar-refractivity contribution < 1.29 is 18.1 Å². The van der Waals surface area contributed by atoms with E-state index in [9.17, 15) is 9.18 Å². The molecule has 0 bridgehead atoms. The topological polar surface area (TPSA) is 117 Å². The van der Waals surface area contributed by atoms with Crippen LogP contribution in [0.2, 0.25) is 0 Å². The van der Waals surface area contributed by atoms with Crippen LogP contribution in [0.1, 0.15) is 17.1 Å². The molecule has 36 heavy (non-hydrogen) atoms. The molecule has 0 aliphatic heterocycles. The number of nitrogens with zero attached hydrogens (tertiary/aromatic N) is 4. The Labute approximate surface area is 211 Å². The van der Waals surface area contributed by atoms with E-state index in [2.05, 4.69) is 49.6 Å². The number of hydrogen-bond donors (Lipinski definition) is 3. The van der Waals surface area contributed by atoms with Crippen LogP contribution in [-0.2, 0) is 0 Å². The Morgan fingerprint density at radius 3 is 2.75 bits per heavy atom. The van der Waals surface area contributed by atoms with Crippen molar-refractivity contribution in [2.24, 2.45) is 0 Å². The summed E-state index contributed by atoms with van der Waals surface area (Å²) in [6.45, 7) is 0. The summed E-state index contributed by atoms with van der Waals surface area (Å²) in [6.07, 6.45) is 5.18. The standard InChI is InChI=1S/C25H26FN7O3.3H2/c1-33(2)17-11-18(12-17)36-24-21(35-3)10-16(13-28-24)29-25-27-7-6-22(32-25)30-20-8-14-4-5-15(26)9-19(14)31-23(20)34;;;/h4-10,13,17-18H,11-12H2,1-3H3,(H,31,34)(H2,27,29,30,32);3*1H. The fourth-order valence-corrected chi connectivity index (χ4v) is 3.97. The molecule has 0 saturated heterocycles. The number of rotatable bonds is 8. The van der Waals surface area contributed by atoms with Crippen LogP contribution >= 0.6 is 0 Å². The van der Waals surface area contributed by atoms with Gasteiger partial charge in [0.1, 0.15) is 23.4 Å². The molecule has 192 valence electrons. The fourth-order valence-electron chi connectivity index (χ4n) is 3.97. The van der Waals surface area contributed by atoms with Crippen molar-refractivity contribution in [3.63, 3.8) is 0 Å². The molecule has 1 saturated carbocycles. The van der Waals surface area contributed by atoms with Gasteiger partial charge in [0.15, 0.2) is 5.75 Å². The highest BCUT2D eigenvalue weighted by atomic mass is 19.1. The highest BCUT2D eigenvalue weighted by Gasteiger charge is 2.33. The van der Waals surface area contributed by atoms with Gasteiger partial charge in [-0.05, 0) is 44.4 Å². The number of halogens is 1. The van der Waals surface area contributed by atoms with Crippen LogP contribution in [0, 0.1) is 5.82 Å². The SMILES string of the molecule is COc1cc(Nc2nccc(Nc3cc4ccc(F)cc4[nH]c3=O)n2)cnc1OC1CC(N(C)C)C1.[HH].[HH].[HH]. The summed E-state index contributed by atoms with van der Waals surface area (Å²) in [5.41, 5.74) is 0.909. The summed E-state index contributed by atoms with van der Waals surface area (Å²) in [4.78, 5) is 30.4. The summed E-state index contributed by atoms with van der Waals surface area (Å²) < 4.78 is 24.9. The monoisotopic (exact) mass is 497 g/mol. The average molecular weight is 498 g/mol. The predicted molar refractivity (Wildman–Crippen MR) is 141 cm³/mol. The number of aromatic amines is 1. The highest BCUT2D eigenvalue weighted by molar-refractivity contribution is 5.82. The van der Waals surface area contributed by atoms with Gasteiger partial charge in [0.2, 0.25) is 5.95 Å². The maximum absolute atomic E-state index is 13.4. The molecular weight excluding hydrogens is 465 g/mol. The van der Waals surface area contributed by atoms with Crippen molar-refractivity contribution in [1.29, 1.82) is 0 Å². The zero-order valence-electron chi connectivity index (χ0n) is 20.1. The average Bonchev–Trinajstić information content (AvgIpc) is 2.82. The van der Waals surface area contributed by atoms with E-state index in [1.807, 2.05) is 0 Å². The lowest BCUT2D eigenvalue weighted by Crippen LogP contribution is -2.46. The summed E-state index contributed by atoms with van der Waals surface area (Å²) in [7, 11) is 5.69. The summed E-state index contributed by atoms with van der Waals surface area (Å²) in [5.74, 6) is 1.22. The maximum atomic E-state index is 13.4. The zero-order chi connectivity index (χ0) is 25.2. The molecule has 10 nitrogen and oxygen atoms in total. The van der Waals surface area contributed by atoms with E-state index in [1.54, 1.807) is 43.8 Å². The Balaban J connectivity index is 0.00000178. The third-order valence-electron chi connectivity index (χ3n) is 6.10. The number of H-pyrrole nitrogens is 1. The number of pyridine rings is 2. The first-order valence-corrected chi connectivity index (χ1v) is 11.4. The van der Waals surface area contributed by atoms with Crippen molar-refractivity contribution in [2.45, 2.75) is 25.0 Å². The van der Waals surface area contributed by atoms with Gasteiger partial charge in [0.05, 0.1) is 24.5 Å². The number of aromatic nitrogens is 4. The molecule has 1 aliphatic rings. The number of nitrogens with one attached hydrogen (secondary N) is 3.